The summed E-state index contributed by atoms with van der Waals surface area (Å²) < 4.78 is 0. The predicted molar refractivity (Wildman–Crippen MR) is 75.6 cm³/mol. The first-order valence-corrected chi connectivity index (χ1v) is 7.22. The van der Waals surface area contributed by atoms with Gasteiger partial charge in [-0.15, -0.1) is 0 Å². The lowest BCUT2D eigenvalue weighted by atomic mass is 9.90. The maximum absolute atomic E-state index is 2.68. The number of hydrogen-bond acceptors (Lipinski definition) is 2. The van der Waals surface area contributed by atoms with E-state index in [0.717, 1.165) is 6.04 Å². The van der Waals surface area contributed by atoms with Crippen LogP contribution in [0, 0.1) is 0 Å². The highest BCUT2D eigenvalue weighted by molar-refractivity contribution is 5.23. The van der Waals surface area contributed by atoms with Gasteiger partial charge in [-0.25, -0.2) is 0 Å². The van der Waals surface area contributed by atoms with E-state index in [1.54, 1.807) is 0 Å². The van der Waals surface area contributed by atoms with E-state index >= 15 is 0 Å². The molecule has 0 spiro atoms. The summed E-state index contributed by atoms with van der Waals surface area (Å²) in [5.41, 5.74) is 1.60. The number of rotatable bonds is 2. The fourth-order valence-corrected chi connectivity index (χ4v) is 3.53. The first-order valence-electron chi connectivity index (χ1n) is 7.22. The lowest BCUT2D eigenvalue weighted by Gasteiger charge is -2.46. The van der Waals surface area contributed by atoms with Crippen molar-refractivity contribution in [3.05, 3.63) is 35.9 Å². The Morgan fingerprint density at radius 2 is 1.83 bits per heavy atom. The third-order valence-corrected chi connectivity index (χ3v) is 4.86. The Bertz CT molecular complexity index is 399. The molecule has 2 nitrogen and oxygen atoms in total. The van der Waals surface area contributed by atoms with Gasteiger partial charge in [0.1, 0.15) is 0 Å². The molecule has 2 heterocycles. The van der Waals surface area contributed by atoms with E-state index in [1.807, 2.05) is 0 Å². The van der Waals surface area contributed by atoms with Crippen molar-refractivity contribution in [2.24, 2.45) is 0 Å². The van der Waals surface area contributed by atoms with Crippen molar-refractivity contribution in [1.82, 2.24) is 9.80 Å². The summed E-state index contributed by atoms with van der Waals surface area (Å²) in [6.07, 6.45) is 2.78. The van der Waals surface area contributed by atoms with Crippen molar-refractivity contribution in [2.45, 2.75) is 38.3 Å². The first-order chi connectivity index (χ1) is 8.68. The summed E-state index contributed by atoms with van der Waals surface area (Å²) in [7, 11) is 0. The molecule has 98 valence electrons. The summed E-state index contributed by atoms with van der Waals surface area (Å²) >= 11 is 0. The van der Waals surface area contributed by atoms with Crippen molar-refractivity contribution in [1.29, 1.82) is 0 Å². The van der Waals surface area contributed by atoms with E-state index in [0.29, 0.717) is 0 Å². The van der Waals surface area contributed by atoms with Crippen LogP contribution in [0.15, 0.2) is 30.3 Å². The molecule has 1 unspecified atom stereocenters. The number of piperazine rings is 1. The number of hydrogen-bond donors (Lipinski definition) is 0. The largest absolute Gasteiger partial charge is 0.298 e. The molecule has 1 aromatic rings. The summed E-state index contributed by atoms with van der Waals surface area (Å²) in [6.45, 7) is 9.76. The zero-order chi connectivity index (χ0) is 12.6. The molecule has 0 saturated carbocycles. The predicted octanol–water partition coefficient (Wildman–Crippen LogP) is 2.70. The molecule has 1 aromatic carbocycles. The Balaban J connectivity index is 1.78. The fourth-order valence-electron chi connectivity index (χ4n) is 3.53. The second-order valence-corrected chi connectivity index (χ2v) is 6.20. The van der Waals surface area contributed by atoms with E-state index < -0.39 is 0 Å². The molecule has 2 heteroatoms. The summed E-state index contributed by atoms with van der Waals surface area (Å²) in [5, 5.41) is 0. The Hall–Kier alpha value is -0.860. The smallest absolute Gasteiger partial charge is 0.0405 e. The molecule has 1 atom stereocenters. The first kappa shape index (κ1) is 12.2. The minimum atomic E-state index is 0.163. The van der Waals surface area contributed by atoms with Gasteiger partial charge in [-0.05, 0) is 38.8 Å². The van der Waals surface area contributed by atoms with E-state index in [2.05, 4.69) is 54.0 Å². The van der Waals surface area contributed by atoms with Crippen molar-refractivity contribution < 1.29 is 0 Å². The van der Waals surface area contributed by atoms with Crippen molar-refractivity contribution >= 4 is 0 Å². The SMILES string of the molecule is CC(C)(c1ccccc1)N1CCN2CCCC2C1. The van der Waals surface area contributed by atoms with Gasteiger partial charge in [0.15, 0.2) is 0 Å². The normalized spacial score (nSPS) is 26.2. The maximum atomic E-state index is 2.68. The molecule has 0 amide bonds. The highest BCUT2D eigenvalue weighted by Gasteiger charge is 2.37. The van der Waals surface area contributed by atoms with Gasteiger partial charge in [0.2, 0.25) is 0 Å². The third kappa shape index (κ3) is 2.08. The molecule has 0 radical (unpaired) electrons. The second-order valence-electron chi connectivity index (χ2n) is 6.20. The van der Waals surface area contributed by atoms with Crippen LogP contribution in [0.5, 0.6) is 0 Å². The Labute approximate surface area is 111 Å². The summed E-state index contributed by atoms with van der Waals surface area (Å²) in [4.78, 5) is 5.35. The molecule has 3 rings (SSSR count). The van der Waals surface area contributed by atoms with E-state index in [4.69, 9.17) is 0 Å². The van der Waals surface area contributed by atoms with Gasteiger partial charge in [0.05, 0.1) is 0 Å². The van der Waals surface area contributed by atoms with Gasteiger partial charge < -0.3 is 0 Å². The van der Waals surface area contributed by atoms with E-state index in [9.17, 15) is 0 Å². The molecule has 0 aliphatic carbocycles. The van der Waals surface area contributed by atoms with Gasteiger partial charge in [0.25, 0.3) is 0 Å². The second kappa shape index (κ2) is 4.67. The van der Waals surface area contributed by atoms with Crippen LogP contribution in [0.4, 0.5) is 0 Å². The Kier molecular flexibility index (Phi) is 3.16. The van der Waals surface area contributed by atoms with Crippen LogP contribution in [0.2, 0.25) is 0 Å². The van der Waals surface area contributed by atoms with E-state index in [1.165, 1.54) is 44.6 Å². The average molecular weight is 244 g/mol. The monoisotopic (exact) mass is 244 g/mol. The van der Waals surface area contributed by atoms with Gasteiger partial charge in [-0.2, -0.15) is 0 Å². The summed E-state index contributed by atoms with van der Waals surface area (Å²) in [5.74, 6) is 0. The van der Waals surface area contributed by atoms with E-state index in [-0.39, 0.29) is 5.54 Å². The van der Waals surface area contributed by atoms with Crippen molar-refractivity contribution in [3.63, 3.8) is 0 Å². The Morgan fingerprint density at radius 1 is 1.06 bits per heavy atom. The van der Waals surface area contributed by atoms with Crippen LogP contribution in [0.1, 0.15) is 32.3 Å². The summed E-state index contributed by atoms with van der Waals surface area (Å²) in [6, 6.07) is 11.8. The zero-order valence-electron chi connectivity index (χ0n) is 11.6. The number of benzene rings is 1. The molecule has 2 aliphatic heterocycles. The maximum Gasteiger partial charge on any atom is 0.0405 e. The Morgan fingerprint density at radius 3 is 2.61 bits per heavy atom. The number of fused-ring (bicyclic) bond motifs is 1. The molecule has 0 N–H and O–H groups in total. The zero-order valence-corrected chi connectivity index (χ0v) is 11.6. The van der Waals surface area contributed by atoms with Gasteiger partial charge >= 0.3 is 0 Å². The number of nitrogens with zero attached hydrogens (tertiary/aromatic N) is 2. The quantitative estimate of drug-likeness (QED) is 0.789. The van der Waals surface area contributed by atoms with Crippen LogP contribution in [-0.4, -0.2) is 42.0 Å². The lowest BCUT2D eigenvalue weighted by molar-refractivity contribution is 0.0304. The van der Waals surface area contributed by atoms with Crippen molar-refractivity contribution in [3.8, 4) is 0 Å². The highest BCUT2D eigenvalue weighted by atomic mass is 15.3. The molecular formula is C16H24N2. The minimum absolute atomic E-state index is 0.163. The van der Waals surface area contributed by atoms with Gasteiger partial charge in [-0.1, -0.05) is 30.3 Å². The molecule has 2 fully saturated rings. The third-order valence-electron chi connectivity index (χ3n) is 4.86. The lowest BCUT2D eigenvalue weighted by Crippen LogP contribution is -2.55. The standard InChI is InChI=1S/C16H24N2/c1-16(2,14-7-4-3-5-8-14)18-12-11-17-10-6-9-15(17)13-18/h3-5,7-8,15H,6,9-13H2,1-2H3. The molecule has 0 aromatic heterocycles. The fraction of sp³-hybridized carbons (Fsp3) is 0.625. The minimum Gasteiger partial charge on any atom is -0.298 e. The molecular weight excluding hydrogens is 220 g/mol. The van der Waals surface area contributed by atoms with Crippen molar-refractivity contribution in [2.75, 3.05) is 26.2 Å². The van der Waals surface area contributed by atoms with Crippen LogP contribution in [0.3, 0.4) is 0 Å². The van der Waals surface area contributed by atoms with Gasteiger partial charge in [-0.3, -0.25) is 9.80 Å². The average Bonchev–Trinajstić information content (AvgIpc) is 2.87. The van der Waals surface area contributed by atoms with Crippen LogP contribution in [0.25, 0.3) is 0 Å². The molecule has 0 bridgehead atoms. The van der Waals surface area contributed by atoms with Crippen LogP contribution >= 0.6 is 0 Å². The molecule has 18 heavy (non-hydrogen) atoms. The van der Waals surface area contributed by atoms with Crippen LogP contribution < -0.4 is 0 Å². The molecule has 2 aliphatic rings. The molecule has 2 saturated heterocycles. The topological polar surface area (TPSA) is 6.48 Å². The van der Waals surface area contributed by atoms with Gasteiger partial charge in [0, 0.05) is 31.2 Å². The highest BCUT2D eigenvalue weighted by Crippen LogP contribution is 2.32. The van der Waals surface area contributed by atoms with Crippen LogP contribution in [-0.2, 0) is 5.54 Å².